The standard InChI is InChI=1S/C34H32N2/c1-2-3-10-26-15-17-28(18-16-26)34-25-32(23-24-33(34)27-19-21-29(35)22-20-27)36(30-11-6-4-7-12-30)31-13-8-5-9-14-31/h4-9,11-25H,2-3,10,35H2,1H3. The van der Waals surface area contributed by atoms with E-state index in [1.807, 2.05) is 12.1 Å². The third-order valence-electron chi connectivity index (χ3n) is 6.60. The number of hydrogen-bond donors (Lipinski definition) is 1. The molecule has 0 aliphatic rings. The minimum Gasteiger partial charge on any atom is -0.399 e. The van der Waals surface area contributed by atoms with Crippen LogP contribution in [0.2, 0.25) is 0 Å². The summed E-state index contributed by atoms with van der Waals surface area (Å²) in [5.41, 5.74) is 16.3. The highest BCUT2D eigenvalue weighted by atomic mass is 15.1. The van der Waals surface area contributed by atoms with E-state index in [0.717, 1.165) is 34.7 Å². The summed E-state index contributed by atoms with van der Waals surface area (Å²) in [5.74, 6) is 0. The molecule has 0 fully saturated rings. The van der Waals surface area contributed by atoms with E-state index < -0.39 is 0 Å². The van der Waals surface area contributed by atoms with Crippen LogP contribution < -0.4 is 10.6 Å². The van der Waals surface area contributed by atoms with Crippen LogP contribution >= 0.6 is 0 Å². The van der Waals surface area contributed by atoms with Gasteiger partial charge >= 0.3 is 0 Å². The summed E-state index contributed by atoms with van der Waals surface area (Å²) in [6.07, 6.45) is 3.55. The smallest absolute Gasteiger partial charge is 0.0468 e. The largest absolute Gasteiger partial charge is 0.399 e. The molecule has 5 aromatic rings. The van der Waals surface area contributed by atoms with Gasteiger partial charge in [0.1, 0.15) is 0 Å². The summed E-state index contributed by atoms with van der Waals surface area (Å²) in [6, 6.07) is 45.1. The van der Waals surface area contributed by atoms with Gasteiger partial charge in [-0.05, 0) is 89.2 Å². The SMILES string of the molecule is CCCCc1ccc(-c2cc(N(c3ccccc3)c3ccccc3)ccc2-c2ccc(N)cc2)cc1. The van der Waals surface area contributed by atoms with Crippen LogP contribution in [0, 0.1) is 0 Å². The van der Waals surface area contributed by atoms with E-state index in [1.165, 1.54) is 35.1 Å². The second-order valence-electron chi connectivity index (χ2n) is 9.16. The van der Waals surface area contributed by atoms with Gasteiger partial charge in [-0.1, -0.05) is 92.2 Å². The number of nitrogens with two attached hydrogens (primary N) is 1. The van der Waals surface area contributed by atoms with Crippen LogP contribution in [0.5, 0.6) is 0 Å². The van der Waals surface area contributed by atoms with Crippen molar-refractivity contribution in [1.29, 1.82) is 0 Å². The van der Waals surface area contributed by atoms with Crippen molar-refractivity contribution in [3.8, 4) is 22.3 Å². The fraction of sp³-hybridized carbons (Fsp3) is 0.118. The summed E-state index contributed by atoms with van der Waals surface area (Å²) in [7, 11) is 0. The molecule has 5 aromatic carbocycles. The molecule has 36 heavy (non-hydrogen) atoms. The number of nitrogen functional groups attached to an aromatic ring is 1. The normalized spacial score (nSPS) is 10.8. The van der Waals surface area contributed by atoms with E-state index in [4.69, 9.17) is 5.73 Å². The Hall–Kier alpha value is -4.30. The van der Waals surface area contributed by atoms with Crippen LogP contribution in [-0.4, -0.2) is 0 Å². The maximum atomic E-state index is 6.00. The molecule has 2 nitrogen and oxygen atoms in total. The van der Waals surface area contributed by atoms with Crippen LogP contribution in [-0.2, 0) is 6.42 Å². The number of aryl methyl sites for hydroxylation is 1. The number of benzene rings is 5. The van der Waals surface area contributed by atoms with E-state index >= 15 is 0 Å². The van der Waals surface area contributed by atoms with E-state index in [-0.39, 0.29) is 0 Å². The van der Waals surface area contributed by atoms with Gasteiger partial charge in [-0.25, -0.2) is 0 Å². The lowest BCUT2D eigenvalue weighted by molar-refractivity contribution is 0.795. The highest BCUT2D eigenvalue weighted by Crippen LogP contribution is 2.40. The molecule has 0 amide bonds. The highest BCUT2D eigenvalue weighted by molar-refractivity contribution is 5.89. The van der Waals surface area contributed by atoms with Crippen LogP contribution in [0.25, 0.3) is 22.3 Å². The van der Waals surface area contributed by atoms with Gasteiger partial charge in [0.05, 0.1) is 0 Å². The van der Waals surface area contributed by atoms with Gasteiger partial charge in [0.15, 0.2) is 0 Å². The molecule has 0 aromatic heterocycles. The average Bonchev–Trinajstić information content (AvgIpc) is 2.94. The predicted octanol–water partition coefficient (Wildman–Crippen LogP) is 9.42. The van der Waals surface area contributed by atoms with Gasteiger partial charge in [-0.3, -0.25) is 0 Å². The zero-order chi connectivity index (χ0) is 24.7. The molecule has 0 aliphatic heterocycles. The summed E-state index contributed by atoms with van der Waals surface area (Å²) in [6.45, 7) is 2.24. The number of anilines is 4. The Morgan fingerprint density at radius 1 is 0.556 bits per heavy atom. The third-order valence-corrected chi connectivity index (χ3v) is 6.60. The predicted molar refractivity (Wildman–Crippen MR) is 155 cm³/mol. The monoisotopic (exact) mass is 468 g/mol. The van der Waals surface area contributed by atoms with Gasteiger partial charge in [-0.15, -0.1) is 0 Å². The minimum atomic E-state index is 0.775. The second kappa shape index (κ2) is 11.0. The molecule has 0 spiro atoms. The Morgan fingerprint density at radius 2 is 1.11 bits per heavy atom. The lowest BCUT2D eigenvalue weighted by Crippen LogP contribution is -2.10. The lowest BCUT2D eigenvalue weighted by Gasteiger charge is -2.26. The Labute approximate surface area is 214 Å². The molecule has 0 saturated carbocycles. The zero-order valence-electron chi connectivity index (χ0n) is 20.8. The van der Waals surface area contributed by atoms with Crippen molar-refractivity contribution in [2.45, 2.75) is 26.2 Å². The molecule has 5 rings (SSSR count). The number of rotatable bonds is 8. The second-order valence-corrected chi connectivity index (χ2v) is 9.16. The molecule has 178 valence electrons. The number of nitrogens with zero attached hydrogens (tertiary/aromatic N) is 1. The Morgan fingerprint density at radius 3 is 1.69 bits per heavy atom. The van der Waals surface area contributed by atoms with Gasteiger partial charge in [0.25, 0.3) is 0 Å². The average molecular weight is 469 g/mol. The first-order valence-corrected chi connectivity index (χ1v) is 12.7. The minimum absolute atomic E-state index is 0.775. The molecule has 0 saturated heterocycles. The molecule has 2 N–H and O–H groups in total. The Kier molecular flexibility index (Phi) is 7.14. The molecule has 0 aliphatic carbocycles. The van der Waals surface area contributed by atoms with Gasteiger partial charge < -0.3 is 10.6 Å². The quantitative estimate of drug-likeness (QED) is 0.230. The van der Waals surface area contributed by atoms with Crippen molar-refractivity contribution < 1.29 is 0 Å². The van der Waals surface area contributed by atoms with Crippen LogP contribution in [0.4, 0.5) is 22.7 Å². The van der Waals surface area contributed by atoms with E-state index in [0.29, 0.717) is 0 Å². The van der Waals surface area contributed by atoms with Crippen LogP contribution in [0.1, 0.15) is 25.3 Å². The first-order valence-electron chi connectivity index (χ1n) is 12.7. The molecular weight excluding hydrogens is 436 g/mol. The van der Waals surface area contributed by atoms with Crippen molar-refractivity contribution in [3.05, 3.63) is 133 Å². The maximum Gasteiger partial charge on any atom is 0.0468 e. The van der Waals surface area contributed by atoms with E-state index in [9.17, 15) is 0 Å². The first kappa shape index (κ1) is 23.4. The Bertz CT molecular complexity index is 1350. The highest BCUT2D eigenvalue weighted by Gasteiger charge is 2.16. The molecule has 0 atom stereocenters. The molecule has 2 heteroatoms. The molecule has 0 unspecified atom stereocenters. The molecular formula is C34H32N2. The molecule has 0 radical (unpaired) electrons. The summed E-state index contributed by atoms with van der Waals surface area (Å²) in [4.78, 5) is 2.31. The third kappa shape index (κ3) is 5.18. The topological polar surface area (TPSA) is 29.3 Å². The number of unbranched alkanes of at least 4 members (excludes halogenated alkanes) is 1. The lowest BCUT2D eigenvalue weighted by atomic mass is 9.92. The van der Waals surface area contributed by atoms with Crippen LogP contribution in [0.15, 0.2) is 127 Å². The van der Waals surface area contributed by atoms with Crippen molar-refractivity contribution in [2.75, 3.05) is 10.6 Å². The maximum absolute atomic E-state index is 6.00. The summed E-state index contributed by atoms with van der Waals surface area (Å²) < 4.78 is 0. The van der Waals surface area contributed by atoms with Crippen LogP contribution in [0.3, 0.4) is 0 Å². The van der Waals surface area contributed by atoms with Crippen molar-refractivity contribution in [3.63, 3.8) is 0 Å². The number of para-hydroxylation sites is 2. The van der Waals surface area contributed by atoms with Crippen molar-refractivity contribution >= 4 is 22.7 Å². The summed E-state index contributed by atoms with van der Waals surface area (Å²) >= 11 is 0. The first-order chi connectivity index (χ1) is 17.7. The van der Waals surface area contributed by atoms with Crippen molar-refractivity contribution in [2.24, 2.45) is 0 Å². The molecule has 0 heterocycles. The van der Waals surface area contributed by atoms with Gasteiger partial charge in [0, 0.05) is 22.7 Å². The van der Waals surface area contributed by atoms with Gasteiger partial charge in [0.2, 0.25) is 0 Å². The zero-order valence-corrected chi connectivity index (χ0v) is 20.8. The summed E-state index contributed by atoms with van der Waals surface area (Å²) in [5, 5.41) is 0. The molecule has 0 bridgehead atoms. The van der Waals surface area contributed by atoms with Crippen molar-refractivity contribution in [1.82, 2.24) is 0 Å². The van der Waals surface area contributed by atoms with E-state index in [1.54, 1.807) is 0 Å². The fourth-order valence-electron chi connectivity index (χ4n) is 4.66. The number of hydrogen-bond acceptors (Lipinski definition) is 2. The Balaban J connectivity index is 1.65. The van der Waals surface area contributed by atoms with Gasteiger partial charge in [-0.2, -0.15) is 0 Å². The fourth-order valence-corrected chi connectivity index (χ4v) is 4.66. The van der Waals surface area contributed by atoms with E-state index in [2.05, 4.69) is 127 Å².